The van der Waals surface area contributed by atoms with Crippen molar-refractivity contribution in [3.8, 4) is 0 Å². The lowest BCUT2D eigenvalue weighted by molar-refractivity contribution is -0.116. The van der Waals surface area contributed by atoms with Crippen LogP contribution in [0, 0.1) is 0 Å². The van der Waals surface area contributed by atoms with Gasteiger partial charge in [-0.3, -0.25) is 4.79 Å². The second-order valence-electron chi connectivity index (χ2n) is 8.74. The fourth-order valence-corrected chi connectivity index (χ4v) is 4.73. The number of aromatic nitrogens is 2. The van der Waals surface area contributed by atoms with Crippen LogP contribution in [0.1, 0.15) is 96.8 Å². The summed E-state index contributed by atoms with van der Waals surface area (Å²) in [5, 5.41) is 2.83. The molecule has 7 nitrogen and oxygen atoms in total. The minimum atomic E-state index is -3.78. The summed E-state index contributed by atoms with van der Waals surface area (Å²) in [4.78, 5) is 20.0. The van der Waals surface area contributed by atoms with E-state index in [9.17, 15) is 13.2 Å². The molecule has 0 aliphatic carbocycles. The molecule has 0 unspecified atom stereocenters. The molecule has 2 N–H and O–H groups in total. The summed E-state index contributed by atoms with van der Waals surface area (Å²) in [6.07, 6.45) is 19.9. The summed E-state index contributed by atoms with van der Waals surface area (Å²) in [5.74, 6) is -0.0350. The number of carbonyl (C=O) groups excluding carboxylic acids is 1. The van der Waals surface area contributed by atoms with Gasteiger partial charge in [0.2, 0.25) is 11.9 Å². The van der Waals surface area contributed by atoms with Crippen LogP contribution in [0.3, 0.4) is 0 Å². The van der Waals surface area contributed by atoms with E-state index in [1.54, 1.807) is 18.2 Å². The van der Waals surface area contributed by atoms with E-state index in [1.165, 1.54) is 95.2 Å². The van der Waals surface area contributed by atoms with Crippen LogP contribution in [0.5, 0.6) is 0 Å². The number of carbonyl (C=O) groups is 1. The smallest absolute Gasteiger partial charge is 0.264 e. The maximum Gasteiger partial charge on any atom is 0.264 e. The predicted molar refractivity (Wildman–Crippen MR) is 138 cm³/mol. The number of rotatable bonds is 18. The van der Waals surface area contributed by atoms with Gasteiger partial charge in [0, 0.05) is 24.5 Å². The molecular weight excluding hydrogens is 448 g/mol. The van der Waals surface area contributed by atoms with Crippen molar-refractivity contribution in [2.24, 2.45) is 0 Å². The molecule has 1 amide bonds. The molecule has 1 aromatic heterocycles. The Hall–Kier alpha value is -2.48. The lowest BCUT2D eigenvalue weighted by Crippen LogP contribution is -2.15. The average molecular weight is 489 g/mol. The summed E-state index contributed by atoms with van der Waals surface area (Å²) < 4.78 is 27.1. The molecule has 0 aliphatic heterocycles. The van der Waals surface area contributed by atoms with E-state index in [4.69, 9.17) is 0 Å². The zero-order valence-electron chi connectivity index (χ0n) is 20.5. The Bertz CT molecular complexity index is 919. The molecule has 0 bridgehead atoms. The summed E-state index contributed by atoms with van der Waals surface area (Å²) >= 11 is 0. The van der Waals surface area contributed by atoms with Gasteiger partial charge < -0.3 is 5.32 Å². The van der Waals surface area contributed by atoms with Crippen molar-refractivity contribution in [3.05, 3.63) is 42.7 Å². The number of sulfonamides is 1. The molecular formula is C26H40N4O3S. The third kappa shape index (κ3) is 11.6. The first-order valence-corrected chi connectivity index (χ1v) is 14.2. The Morgan fingerprint density at radius 1 is 0.765 bits per heavy atom. The molecule has 0 saturated carbocycles. The van der Waals surface area contributed by atoms with Crippen molar-refractivity contribution in [2.45, 2.75) is 102 Å². The maximum absolute atomic E-state index is 12.4. The van der Waals surface area contributed by atoms with Gasteiger partial charge in [0.1, 0.15) is 0 Å². The monoisotopic (exact) mass is 488 g/mol. The van der Waals surface area contributed by atoms with Crippen LogP contribution in [0.2, 0.25) is 0 Å². The van der Waals surface area contributed by atoms with Crippen LogP contribution in [0.15, 0.2) is 47.6 Å². The van der Waals surface area contributed by atoms with Crippen LogP contribution in [0.4, 0.5) is 11.6 Å². The summed E-state index contributed by atoms with van der Waals surface area (Å²) in [6, 6.07) is 7.68. The van der Waals surface area contributed by atoms with Gasteiger partial charge >= 0.3 is 0 Å². The van der Waals surface area contributed by atoms with Gasteiger partial charge in [-0.1, -0.05) is 84.0 Å². The Balaban J connectivity index is 1.55. The molecule has 1 heterocycles. The third-order valence-corrected chi connectivity index (χ3v) is 7.09. The second kappa shape index (κ2) is 16.2. The van der Waals surface area contributed by atoms with Crippen molar-refractivity contribution >= 4 is 27.6 Å². The topological polar surface area (TPSA) is 101 Å². The van der Waals surface area contributed by atoms with E-state index in [2.05, 4.69) is 26.9 Å². The van der Waals surface area contributed by atoms with Gasteiger partial charge in [0.25, 0.3) is 10.0 Å². The number of hydrogen-bond donors (Lipinski definition) is 2. The predicted octanol–water partition coefficient (Wildman–Crippen LogP) is 6.70. The number of hydrogen-bond acceptors (Lipinski definition) is 5. The van der Waals surface area contributed by atoms with Gasteiger partial charge in [0.15, 0.2) is 0 Å². The van der Waals surface area contributed by atoms with Crippen molar-refractivity contribution in [1.29, 1.82) is 0 Å². The number of nitrogens with one attached hydrogen (secondary N) is 2. The molecule has 0 radical (unpaired) electrons. The quantitative estimate of drug-likeness (QED) is 0.227. The van der Waals surface area contributed by atoms with E-state index < -0.39 is 10.0 Å². The van der Waals surface area contributed by atoms with Gasteiger partial charge in [0.05, 0.1) is 4.90 Å². The SMILES string of the molecule is CCCCCCCCCCCCCCCC(=O)Nc1ccc(S(=O)(=O)Nc2ncccn2)cc1. The third-order valence-electron chi connectivity index (χ3n) is 5.75. The number of unbranched alkanes of at least 4 members (excludes halogenated alkanes) is 12. The number of amides is 1. The Morgan fingerprint density at radius 3 is 1.79 bits per heavy atom. The largest absolute Gasteiger partial charge is 0.326 e. The number of benzene rings is 1. The van der Waals surface area contributed by atoms with Gasteiger partial charge in [-0.15, -0.1) is 0 Å². The highest BCUT2D eigenvalue weighted by atomic mass is 32.2. The first-order valence-electron chi connectivity index (χ1n) is 12.7. The number of anilines is 2. The first kappa shape index (κ1) is 27.8. The van der Waals surface area contributed by atoms with Crippen LogP contribution < -0.4 is 10.0 Å². The highest BCUT2D eigenvalue weighted by Gasteiger charge is 2.15. The molecule has 0 aliphatic rings. The van der Waals surface area contributed by atoms with Crippen molar-refractivity contribution in [1.82, 2.24) is 9.97 Å². The fourth-order valence-electron chi connectivity index (χ4n) is 3.78. The molecule has 188 valence electrons. The highest BCUT2D eigenvalue weighted by Crippen LogP contribution is 2.17. The minimum absolute atomic E-state index is 0.0117. The van der Waals surface area contributed by atoms with Crippen molar-refractivity contribution < 1.29 is 13.2 Å². The van der Waals surface area contributed by atoms with Crippen LogP contribution >= 0.6 is 0 Å². The zero-order chi connectivity index (χ0) is 24.5. The van der Waals surface area contributed by atoms with E-state index in [0.29, 0.717) is 12.1 Å². The standard InChI is InChI=1S/C26H40N4O3S/c1-2-3-4-5-6-7-8-9-10-11-12-13-14-16-25(31)29-23-17-19-24(20-18-23)34(32,33)30-26-27-21-15-22-28-26/h15,17-22H,2-14,16H2,1H3,(H,29,31)(H,27,28,30). The van der Waals surface area contributed by atoms with Gasteiger partial charge in [-0.05, 0) is 36.8 Å². The zero-order valence-corrected chi connectivity index (χ0v) is 21.3. The summed E-state index contributed by atoms with van der Waals surface area (Å²) in [6.45, 7) is 2.25. The first-order chi connectivity index (χ1) is 16.5. The second-order valence-corrected chi connectivity index (χ2v) is 10.4. The average Bonchev–Trinajstić information content (AvgIpc) is 2.83. The van der Waals surface area contributed by atoms with Gasteiger partial charge in [-0.2, -0.15) is 0 Å². The van der Waals surface area contributed by atoms with E-state index in [1.807, 2.05) is 0 Å². The lowest BCUT2D eigenvalue weighted by Gasteiger charge is -2.08. The van der Waals surface area contributed by atoms with Crippen molar-refractivity contribution in [2.75, 3.05) is 10.0 Å². The van der Waals surface area contributed by atoms with Gasteiger partial charge in [-0.25, -0.2) is 23.1 Å². The van der Waals surface area contributed by atoms with Crippen molar-refractivity contribution in [3.63, 3.8) is 0 Å². The Labute approximate surface area is 205 Å². The number of nitrogens with zero attached hydrogens (tertiary/aromatic N) is 2. The summed E-state index contributed by atoms with van der Waals surface area (Å²) in [5.41, 5.74) is 0.578. The van der Waals surface area contributed by atoms with E-state index >= 15 is 0 Å². The highest BCUT2D eigenvalue weighted by molar-refractivity contribution is 7.92. The molecule has 2 rings (SSSR count). The molecule has 1 aromatic carbocycles. The van der Waals surface area contributed by atoms with Crippen LogP contribution in [-0.2, 0) is 14.8 Å². The van der Waals surface area contributed by atoms with Crippen LogP contribution in [-0.4, -0.2) is 24.3 Å². The fraction of sp³-hybridized carbons (Fsp3) is 0.577. The minimum Gasteiger partial charge on any atom is -0.326 e. The lowest BCUT2D eigenvalue weighted by atomic mass is 10.0. The normalized spacial score (nSPS) is 11.3. The molecule has 0 saturated heterocycles. The molecule has 0 spiro atoms. The van der Waals surface area contributed by atoms with E-state index in [0.717, 1.165) is 12.8 Å². The maximum atomic E-state index is 12.4. The molecule has 8 heteroatoms. The molecule has 34 heavy (non-hydrogen) atoms. The molecule has 0 fully saturated rings. The van der Waals surface area contributed by atoms with Crippen LogP contribution in [0.25, 0.3) is 0 Å². The Kier molecular flexibility index (Phi) is 13.2. The summed E-state index contributed by atoms with van der Waals surface area (Å²) in [7, 11) is -3.78. The Morgan fingerprint density at radius 2 is 1.26 bits per heavy atom. The molecule has 0 atom stereocenters. The molecule has 2 aromatic rings. The van der Waals surface area contributed by atoms with E-state index in [-0.39, 0.29) is 16.8 Å².